The molecule has 0 saturated heterocycles. The molecule has 1 aromatic heterocycles. The molecule has 0 aliphatic heterocycles. The number of fused-ring (bicyclic) bond motifs is 1. The fraction of sp³-hybridized carbons (Fsp3) is 0.192. The second-order valence-electron chi connectivity index (χ2n) is 8.18. The van der Waals surface area contributed by atoms with Crippen molar-refractivity contribution in [2.45, 2.75) is 32.5 Å². The standard InChI is InChI=1S/C26H21F3N4O4/c1-3-16(2)37-23-18(9-7-13-22(23)33(35)36)15-30-32-24(17-8-6-10-19(14-17)26(27,28)29)31-21-12-5-4-11-20(21)25(32)34/h4-16H,3H2,1-2H3/t16-/m1/s1. The SMILES string of the molecule is CC[C@@H](C)Oc1c(C=Nn2c(-c3cccc(C(F)(F)F)c3)nc3ccccc3c2=O)cccc1[N+](=O)[O-]. The Bertz CT molecular complexity index is 1560. The summed E-state index contributed by atoms with van der Waals surface area (Å²) in [5.41, 5.74) is -1.31. The van der Waals surface area contributed by atoms with E-state index in [0.717, 1.165) is 16.8 Å². The van der Waals surface area contributed by atoms with Gasteiger partial charge < -0.3 is 4.74 Å². The Balaban J connectivity index is 1.93. The van der Waals surface area contributed by atoms with Crippen LogP contribution in [-0.2, 0) is 6.18 Å². The van der Waals surface area contributed by atoms with Crippen molar-refractivity contribution < 1.29 is 22.8 Å². The third-order valence-electron chi connectivity index (χ3n) is 5.63. The van der Waals surface area contributed by atoms with Crippen LogP contribution in [-0.4, -0.2) is 26.9 Å². The van der Waals surface area contributed by atoms with E-state index in [1.165, 1.54) is 42.6 Å². The van der Waals surface area contributed by atoms with Crippen LogP contribution in [0.25, 0.3) is 22.3 Å². The monoisotopic (exact) mass is 510 g/mol. The molecule has 3 aromatic carbocycles. The summed E-state index contributed by atoms with van der Waals surface area (Å²) in [5, 5.41) is 16.0. The van der Waals surface area contributed by atoms with Gasteiger partial charge in [-0.3, -0.25) is 14.9 Å². The number of ether oxygens (including phenoxy) is 1. The number of halogens is 3. The van der Waals surface area contributed by atoms with E-state index in [9.17, 15) is 28.1 Å². The topological polar surface area (TPSA) is 99.6 Å². The molecule has 0 unspecified atom stereocenters. The minimum absolute atomic E-state index is 0.0185. The van der Waals surface area contributed by atoms with Crippen molar-refractivity contribution in [3.8, 4) is 17.1 Å². The molecule has 0 aliphatic rings. The average Bonchev–Trinajstić information content (AvgIpc) is 2.88. The van der Waals surface area contributed by atoms with Gasteiger partial charge in [0.15, 0.2) is 5.82 Å². The Labute approximate surface area is 208 Å². The average molecular weight is 510 g/mol. The van der Waals surface area contributed by atoms with Crippen LogP contribution in [0.4, 0.5) is 18.9 Å². The van der Waals surface area contributed by atoms with Gasteiger partial charge in [-0.25, -0.2) is 4.98 Å². The van der Waals surface area contributed by atoms with Gasteiger partial charge in [-0.15, -0.1) is 0 Å². The maximum absolute atomic E-state index is 13.4. The summed E-state index contributed by atoms with van der Waals surface area (Å²) in [5.74, 6) is -0.158. The van der Waals surface area contributed by atoms with Crippen molar-refractivity contribution in [2.75, 3.05) is 0 Å². The number of hydrogen-bond donors (Lipinski definition) is 0. The molecule has 0 saturated carbocycles. The third-order valence-corrected chi connectivity index (χ3v) is 5.63. The van der Waals surface area contributed by atoms with Crippen molar-refractivity contribution in [3.63, 3.8) is 0 Å². The number of aromatic nitrogens is 2. The first-order valence-corrected chi connectivity index (χ1v) is 11.3. The number of hydrogen-bond acceptors (Lipinski definition) is 6. The first kappa shape index (κ1) is 25.5. The van der Waals surface area contributed by atoms with Gasteiger partial charge in [0.1, 0.15) is 0 Å². The Kier molecular flexibility index (Phi) is 7.05. The fourth-order valence-electron chi connectivity index (χ4n) is 3.57. The molecule has 0 radical (unpaired) electrons. The number of nitro groups is 1. The largest absolute Gasteiger partial charge is 0.483 e. The third kappa shape index (κ3) is 5.35. The van der Waals surface area contributed by atoms with Gasteiger partial charge in [-0.05, 0) is 43.7 Å². The normalized spacial score (nSPS) is 12.7. The zero-order chi connectivity index (χ0) is 26.7. The summed E-state index contributed by atoms with van der Waals surface area (Å²) in [6.45, 7) is 3.61. The molecule has 11 heteroatoms. The van der Waals surface area contributed by atoms with E-state index in [1.54, 1.807) is 25.1 Å². The van der Waals surface area contributed by atoms with Crippen molar-refractivity contribution >= 4 is 22.8 Å². The molecule has 1 atom stereocenters. The highest BCUT2D eigenvalue weighted by Crippen LogP contribution is 2.33. The number of benzene rings is 3. The highest BCUT2D eigenvalue weighted by Gasteiger charge is 2.31. The first-order valence-electron chi connectivity index (χ1n) is 11.3. The van der Waals surface area contributed by atoms with E-state index in [4.69, 9.17) is 4.74 Å². The summed E-state index contributed by atoms with van der Waals surface area (Å²) < 4.78 is 46.8. The fourth-order valence-corrected chi connectivity index (χ4v) is 3.57. The van der Waals surface area contributed by atoms with Crippen LogP contribution in [0, 0.1) is 10.1 Å². The minimum atomic E-state index is -4.60. The molecular weight excluding hydrogens is 489 g/mol. The molecule has 190 valence electrons. The maximum atomic E-state index is 13.4. The van der Waals surface area contributed by atoms with Crippen molar-refractivity contribution in [1.29, 1.82) is 0 Å². The molecule has 0 spiro atoms. The predicted molar refractivity (Wildman–Crippen MR) is 133 cm³/mol. The molecule has 4 rings (SSSR count). The lowest BCUT2D eigenvalue weighted by molar-refractivity contribution is -0.386. The molecule has 0 fully saturated rings. The van der Waals surface area contributed by atoms with Crippen LogP contribution >= 0.6 is 0 Å². The molecule has 37 heavy (non-hydrogen) atoms. The lowest BCUT2D eigenvalue weighted by Gasteiger charge is -2.15. The van der Waals surface area contributed by atoms with Gasteiger partial charge >= 0.3 is 11.9 Å². The summed E-state index contributed by atoms with van der Waals surface area (Å²) in [4.78, 5) is 28.8. The Morgan fingerprint density at radius 1 is 1.14 bits per heavy atom. The minimum Gasteiger partial charge on any atom is -0.483 e. The summed E-state index contributed by atoms with van der Waals surface area (Å²) >= 11 is 0. The molecule has 0 amide bonds. The molecule has 0 N–H and O–H groups in total. The van der Waals surface area contributed by atoms with Gasteiger partial charge in [-0.1, -0.05) is 37.3 Å². The van der Waals surface area contributed by atoms with E-state index < -0.39 is 22.2 Å². The van der Waals surface area contributed by atoms with E-state index >= 15 is 0 Å². The summed E-state index contributed by atoms with van der Waals surface area (Å²) in [6, 6.07) is 15.0. The summed E-state index contributed by atoms with van der Waals surface area (Å²) in [6.07, 6.45) is -3.18. The van der Waals surface area contributed by atoms with Crippen LogP contribution < -0.4 is 10.3 Å². The van der Waals surface area contributed by atoms with Crippen LogP contribution in [0.3, 0.4) is 0 Å². The number of rotatable bonds is 7. The molecule has 1 heterocycles. The second-order valence-corrected chi connectivity index (χ2v) is 8.18. The van der Waals surface area contributed by atoms with Crippen LogP contribution in [0.5, 0.6) is 5.75 Å². The Morgan fingerprint density at radius 2 is 1.86 bits per heavy atom. The molecular formula is C26H21F3N4O4. The second kappa shape index (κ2) is 10.2. The molecule has 0 bridgehead atoms. The smallest absolute Gasteiger partial charge is 0.416 e. The Morgan fingerprint density at radius 3 is 2.57 bits per heavy atom. The van der Waals surface area contributed by atoms with Gasteiger partial charge in [0.2, 0.25) is 5.75 Å². The van der Waals surface area contributed by atoms with Crippen molar-refractivity contribution in [2.24, 2.45) is 5.10 Å². The Hall–Kier alpha value is -4.54. The van der Waals surface area contributed by atoms with Crippen LogP contribution in [0.2, 0.25) is 0 Å². The van der Waals surface area contributed by atoms with Crippen LogP contribution in [0.15, 0.2) is 76.6 Å². The first-order chi connectivity index (χ1) is 17.6. The highest BCUT2D eigenvalue weighted by atomic mass is 19.4. The van der Waals surface area contributed by atoms with E-state index in [0.29, 0.717) is 6.42 Å². The quantitative estimate of drug-likeness (QED) is 0.171. The van der Waals surface area contributed by atoms with Crippen LogP contribution in [0.1, 0.15) is 31.4 Å². The van der Waals surface area contributed by atoms with Crippen molar-refractivity contribution in [1.82, 2.24) is 9.66 Å². The number of nitrogens with zero attached hydrogens (tertiary/aromatic N) is 4. The lowest BCUT2D eigenvalue weighted by Crippen LogP contribution is -2.20. The zero-order valence-electron chi connectivity index (χ0n) is 19.8. The van der Waals surface area contributed by atoms with E-state index in [1.807, 2.05) is 6.92 Å². The predicted octanol–water partition coefficient (Wildman–Crippen LogP) is 6.05. The number of para-hydroxylation sites is 2. The lowest BCUT2D eigenvalue weighted by atomic mass is 10.1. The van der Waals surface area contributed by atoms with Crippen molar-refractivity contribution in [3.05, 3.63) is 98.3 Å². The van der Waals surface area contributed by atoms with Gasteiger partial charge in [0, 0.05) is 17.2 Å². The molecule has 4 aromatic rings. The number of nitro benzene ring substituents is 1. The highest BCUT2D eigenvalue weighted by molar-refractivity contribution is 5.86. The number of alkyl halides is 3. The maximum Gasteiger partial charge on any atom is 0.416 e. The van der Waals surface area contributed by atoms with Gasteiger partial charge in [0.25, 0.3) is 5.56 Å². The van der Waals surface area contributed by atoms with Gasteiger partial charge in [-0.2, -0.15) is 22.9 Å². The molecule has 8 nitrogen and oxygen atoms in total. The van der Waals surface area contributed by atoms with E-state index in [2.05, 4.69) is 10.1 Å². The van der Waals surface area contributed by atoms with Gasteiger partial charge in [0.05, 0.1) is 33.7 Å². The van der Waals surface area contributed by atoms with E-state index in [-0.39, 0.29) is 45.4 Å². The zero-order valence-corrected chi connectivity index (χ0v) is 19.8. The summed E-state index contributed by atoms with van der Waals surface area (Å²) in [7, 11) is 0. The molecule has 0 aliphatic carbocycles.